The van der Waals surface area contributed by atoms with Gasteiger partial charge >= 0.3 is 0 Å². The Hall–Kier alpha value is -2.27. The van der Waals surface area contributed by atoms with Crippen molar-refractivity contribution in [1.82, 2.24) is 10.6 Å². The number of aliphatic hydroxyl groups excluding tert-OH is 1. The number of guanidine groups is 1. The number of aliphatic hydroxyl groups is 1. The summed E-state index contributed by atoms with van der Waals surface area (Å²) in [6, 6.07) is 9.82. The third-order valence-electron chi connectivity index (χ3n) is 4.55. The molecule has 0 radical (unpaired) electrons. The van der Waals surface area contributed by atoms with Crippen LogP contribution in [-0.4, -0.2) is 45.5 Å². The van der Waals surface area contributed by atoms with Gasteiger partial charge in [0.05, 0.1) is 40.0 Å². The molecule has 0 saturated heterocycles. The molecule has 0 bridgehead atoms. The summed E-state index contributed by atoms with van der Waals surface area (Å²) in [6.07, 6.45) is -0.849. The first-order valence-electron chi connectivity index (χ1n) is 9.71. The van der Waals surface area contributed by atoms with Gasteiger partial charge < -0.3 is 30.0 Å². The number of ether oxygens (including phenoxy) is 3. The number of nitrogens with one attached hydrogen (secondary N) is 2. The Morgan fingerprint density at radius 2 is 1.68 bits per heavy atom. The van der Waals surface area contributed by atoms with Gasteiger partial charge in [0, 0.05) is 12.6 Å². The molecule has 3 N–H and O–H groups in total. The minimum atomic E-state index is -0.849. The number of aliphatic imine (C=N–C) groups is 1. The lowest BCUT2D eigenvalue weighted by atomic mass is 10.1. The Kier molecular flexibility index (Phi) is 11.4. The van der Waals surface area contributed by atoms with Gasteiger partial charge in [-0.1, -0.05) is 6.07 Å². The molecule has 0 saturated carbocycles. The van der Waals surface area contributed by atoms with Crippen LogP contribution in [0.2, 0.25) is 0 Å². The van der Waals surface area contributed by atoms with Crippen LogP contribution in [0, 0.1) is 5.82 Å². The highest BCUT2D eigenvalue weighted by molar-refractivity contribution is 14.0. The molecular formula is C22H31FIN3O4. The summed E-state index contributed by atoms with van der Waals surface area (Å²) in [5.74, 6) is 1.46. The summed E-state index contributed by atoms with van der Waals surface area (Å²) in [5.41, 5.74) is 1.38. The largest absolute Gasteiger partial charge is 0.497 e. The Labute approximate surface area is 200 Å². The van der Waals surface area contributed by atoms with Crippen LogP contribution in [0.25, 0.3) is 0 Å². The summed E-state index contributed by atoms with van der Waals surface area (Å²) in [4.78, 5) is 4.47. The number of hydrogen-bond donors (Lipinski definition) is 3. The fourth-order valence-electron chi connectivity index (χ4n) is 2.87. The molecule has 2 unspecified atom stereocenters. The molecule has 0 aliphatic carbocycles. The maximum Gasteiger partial charge on any atom is 0.191 e. The summed E-state index contributed by atoms with van der Waals surface area (Å²) < 4.78 is 29.5. The van der Waals surface area contributed by atoms with E-state index in [9.17, 15) is 9.50 Å². The van der Waals surface area contributed by atoms with Crippen molar-refractivity contribution in [2.24, 2.45) is 4.99 Å². The van der Waals surface area contributed by atoms with Gasteiger partial charge in [0.25, 0.3) is 0 Å². The molecule has 9 heteroatoms. The maximum absolute atomic E-state index is 14.0. The number of halogens is 2. The zero-order chi connectivity index (χ0) is 22.1. The standard InChI is InChI=1S/C22H30FN3O4.HI/c1-6-24-22(26-14(2)15-7-8-21(30-5)19(23)11-15)25-13-20(27)16-9-17(28-3)12-18(10-16)29-4;/h7-12,14,20,27H,6,13H2,1-5H3,(H2,24,25,26);1H. The van der Waals surface area contributed by atoms with Crippen molar-refractivity contribution in [2.75, 3.05) is 34.4 Å². The van der Waals surface area contributed by atoms with Crippen LogP contribution in [0.4, 0.5) is 4.39 Å². The van der Waals surface area contributed by atoms with Crippen molar-refractivity contribution in [3.8, 4) is 17.2 Å². The lowest BCUT2D eigenvalue weighted by Crippen LogP contribution is -2.39. The summed E-state index contributed by atoms with van der Waals surface area (Å²) in [6.45, 7) is 4.60. The first-order valence-corrected chi connectivity index (χ1v) is 9.71. The van der Waals surface area contributed by atoms with E-state index in [1.54, 1.807) is 44.6 Å². The smallest absolute Gasteiger partial charge is 0.191 e. The number of benzene rings is 2. The van der Waals surface area contributed by atoms with E-state index in [4.69, 9.17) is 14.2 Å². The van der Waals surface area contributed by atoms with Gasteiger partial charge in [-0.2, -0.15) is 0 Å². The van der Waals surface area contributed by atoms with Crippen LogP contribution in [0.1, 0.15) is 37.1 Å². The molecule has 0 spiro atoms. The summed E-state index contributed by atoms with van der Waals surface area (Å²) in [7, 11) is 4.54. The Balaban J connectivity index is 0.00000480. The molecule has 2 aromatic carbocycles. The molecule has 0 aliphatic heterocycles. The second-order valence-corrected chi connectivity index (χ2v) is 6.64. The van der Waals surface area contributed by atoms with Crippen LogP contribution in [0.15, 0.2) is 41.4 Å². The average molecular weight is 547 g/mol. The van der Waals surface area contributed by atoms with Crippen molar-refractivity contribution in [3.63, 3.8) is 0 Å². The maximum atomic E-state index is 14.0. The fourth-order valence-corrected chi connectivity index (χ4v) is 2.87. The fraction of sp³-hybridized carbons (Fsp3) is 0.409. The molecule has 0 heterocycles. The number of rotatable bonds is 9. The topological polar surface area (TPSA) is 84.3 Å². The lowest BCUT2D eigenvalue weighted by Gasteiger charge is -2.19. The normalized spacial score (nSPS) is 12.9. The zero-order valence-electron chi connectivity index (χ0n) is 18.4. The quantitative estimate of drug-likeness (QED) is 0.252. The van der Waals surface area contributed by atoms with Gasteiger partial charge in [0.1, 0.15) is 11.5 Å². The Bertz CT molecular complexity index is 844. The highest BCUT2D eigenvalue weighted by atomic mass is 127. The van der Waals surface area contributed by atoms with Crippen LogP contribution < -0.4 is 24.8 Å². The van der Waals surface area contributed by atoms with Gasteiger partial charge in [0.2, 0.25) is 0 Å². The number of methoxy groups -OCH3 is 3. The molecule has 2 atom stereocenters. The van der Waals surface area contributed by atoms with E-state index in [-0.39, 0.29) is 42.3 Å². The second-order valence-electron chi connectivity index (χ2n) is 6.64. The van der Waals surface area contributed by atoms with E-state index in [1.807, 2.05) is 13.8 Å². The van der Waals surface area contributed by atoms with E-state index in [2.05, 4.69) is 15.6 Å². The van der Waals surface area contributed by atoms with Gasteiger partial charge in [-0.3, -0.25) is 4.99 Å². The summed E-state index contributed by atoms with van der Waals surface area (Å²) >= 11 is 0. The first-order chi connectivity index (χ1) is 14.4. The van der Waals surface area contributed by atoms with Crippen molar-refractivity contribution >= 4 is 29.9 Å². The molecule has 7 nitrogen and oxygen atoms in total. The minimum Gasteiger partial charge on any atom is -0.497 e. The molecule has 31 heavy (non-hydrogen) atoms. The molecule has 0 aliphatic rings. The molecule has 0 aromatic heterocycles. The Morgan fingerprint density at radius 3 is 2.19 bits per heavy atom. The third kappa shape index (κ3) is 7.73. The number of hydrogen-bond acceptors (Lipinski definition) is 5. The molecule has 2 rings (SSSR count). The second kappa shape index (κ2) is 13.2. The van der Waals surface area contributed by atoms with E-state index < -0.39 is 11.9 Å². The van der Waals surface area contributed by atoms with Crippen LogP contribution in [0.5, 0.6) is 17.2 Å². The van der Waals surface area contributed by atoms with E-state index >= 15 is 0 Å². The highest BCUT2D eigenvalue weighted by Crippen LogP contribution is 2.26. The van der Waals surface area contributed by atoms with Crippen LogP contribution in [0.3, 0.4) is 0 Å². The van der Waals surface area contributed by atoms with Crippen molar-refractivity contribution in [1.29, 1.82) is 0 Å². The highest BCUT2D eigenvalue weighted by Gasteiger charge is 2.14. The van der Waals surface area contributed by atoms with Crippen molar-refractivity contribution in [3.05, 3.63) is 53.3 Å². The number of nitrogens with zero attached hydrogens (tertiary/aromatic N) is 1. The molecule has 172 valence electrons. The van der Waals surface area contributed by atoms with E-state index in [0.717, 1.165) is 5.56 Å². The Morgan fingerprint density at radius 1 is 1.03 bits per heavy atom. The monoisotopic (exact) mass is 547 g/mol. The molecule has 2 aromatic rings. The summed E-state index contributed by atoms with van der Waals surface area (Å²) in [5, 5.41) is 16.9. The predicted octanol–water partition coefficient (Wildman–Crippen LogP) is 3.82. The van der Waals surface area contributed by atoms with Gasteiger partial charge in [-0.05, 0) is 49.2 Å². The zero-order valence-corrected chi connectivity index (χ0v) is 20.8. The molecule has 0 fully saturated rings. The minimum absolute atomic E-state index is 0. The third-order valence-corrected chi connectivity index (χ3v) is 4.55. The SMILES string of the molecule is CCNC(=NCC(O)c1cc(OC)cc(OC)c1)NC(C)c1ccc(OC)c(F)c1.I. The average Bonchev–Trinajstić information content (AvgIpc) is 2.76. The first kappa shape index (κ1) is 26.8. The van der Waals surface area contributed by atoms with Gasteiger partial charge in [-0.15, -0.1) is 24.0 Å². The molecular weight excluding hydrogens is 516 g/mol. The van der Waals surface area contributed by atoms with Crippen molar-refractivity contribution < 1.29 is 23.7 Å². The predicted molar refractivity (Wildman–Crippen MR) is 130 cm³/mol. The van der Waals surface area contributed by atoms with E-state index in [1.165, 1.54) is 13.2 Å². The van der Waals surface area contributed by atoms with Crippen molar-refractivity contribution in [2.45, 2.75) is 26.0 Å². The van der Waals surface area contributed by atoms with Gasteiger partial charge in [0.15, 0.2) is 17.5 Å². The van der Waals surface area contributed by atoms with Crippen LogP contribution >= 0.6 is 24.0 Å². The molecule has 0 amide bonds. The van der Waals surface area contributed by atoms with Gasteiger partial charge in [-0.25, -0.2) is 4.39 Å². The van der Waals surface area contributed by atoms with Crippen LogP contribution in [-0.2, 0) is 0 Å². The lowest BCUT2D eigenvalue weighted by molar-refractivity contribution is 0.186. The van der Waals surface area contributed by atoms with E-state index in [0.29, 0.717) is 29.6 Å².